The van der Waals surface area contributed by atoms with Crippen LogP contribution in [-0.4, -0.2) is 30.6 Å². The molecule has 0 aliphatic carbocycles. The molecule has 1 aliphatic rings. The van der Waals surface area contributed by atoms with Crippen LogP contribution in [0.15, 0.2) is 24.3 Å². The van der Waals surface area contributed by atoms with Gasteiger partial charge in [0.25, 0.3) is 0 Å². The minimum absolute atomic E-state index is 0.702. The lowest BCUT2D eigenvalue weighted by Gasteiger charge is -2.35. The van der Waals surface area contributed by atoms with Crippen molar-refractivity contribution in [2.24, 2.45) is 0 Å². The number of nitrogens with zero attached hydrogens (tertiary/aromatic N) is 1. The zero-order valence-electron chi connectivity index (χ0n) is 9.75. The zero-order valence-corrected chi connectivity index (χ0v) is 11.9. The Balaban J connectivity index is 1.99. The van der Waals surface area contributed by atoms with Crippen molar-refractivity contribution in [2.75, 3.05) is 19.6 Å². The molecule has 1 saturated heterocycles. The molecule has 1 aliphatic heterocycles. The maximum absolute atomic E-state index is 3.47. The third kappa shape index (κ3) is 3.18. The Morgan fingerprint density at radius 3 is 2.81 bits per heavy atom. The van der Waals surface area contributed by atoms with E-state index in [-0.39, 0.29) is 0 Å². The number of rotatable bonds is 3. The maximum atomic E-state index is 3.47. The van der Waals surface area contributed by atoms with Crippen molar-refractivity contribution in [3.05, 3.63) is 33.4 Å². The predicted octanol–water partition coefficient (Wildman–Crippen LogP) is 2.48. The summed E-state index contributed by atoms with van der Waals surface area (Å²) in [5, 5.41) is 3.47. The van der Waals surface area contributed by atoms with Crippen LogP contribution >= 0.6 is 22.6 Å². The number of nitrogens with one attached hydrogen (secondary N) is 1. The van der Waals surface area contributed by atoms with Crippen LogP contribution in [0, 0.1) is 3.57 Å². The van der Waals surface area contributed by atoms with E-state index in [4.69, 9.17) is 0 Å². The summed E-state index contributed by atoms with van der Waals surface area (Å²) in [7, 11) is 0. The zero-order chi connectivity index (χ0) is 11.4. The second kappa shape index (κ2) is 5.98. The van der Waals surface area contributed by atoms with Crippen LogP contribution in [-0.2, 0) is 6.54 Å². The standard InChI is InChI=1S/C13H19IN2/c1-2-13-9-15-7-8-16(13)10-11-3-5-12(14)6-4-11/h3-6,13,15H,2,7-10H2,1H3. The molecule has 1 atom stereocenters. The summed E-state index contributed by atoms with van der Waals surface area (Å²) < 4.78 is 1.31. The first-order chi connectivity index (χ1) is 7.79. The molecule has 2 rings (SSSR count). The van der Waals surface area contributed by atoms with E-state index in [9.17, 15) is 0 Å². The number of hydrogen-bond acceptors (Lipinski definition) is 2. The Morgan fingerprint density at radius 2 is 2.12 bits per heavy atom. The van der Waals surface area contributed by atoms with Crippen molar-refractivity contribution in [3.63, 3.8) is 0 Å². The van der Waals surface area contributed by atoms with E-state index in [1.54, 1.807) is 0 Å². The number of piperazine rings is 1. The molecule has 16 heavy (non-hydrogen) atoms. The van der Waals surface area contributed by atoms with Crippen LogP contribution in [0.25, 0.3) is 0 Å². The van der Waals surface area contributed by atoms with Crippen LogP contribution < -0.4 is 5.32 Å². The first-order valence-corrected chi connectivity index (χ1v) is 7.06. The molecule has 88 valence electrons. The fourth-order valence-electron chi connectivity index (χ4n) is 2.24. The van der Waals surface area contributed by atoms with E-state index in [1.165, 1.54) is 22.1 Å². The molecule has 1 fully saturated rings. The first kappa shape index (κ1) is 12.3. The third-order valence-corrected chi connectivity index (χ3v) is 3.96. The van der Waals surface area contributed by atoms with Gasteiger partial charge in [-0.3, -0.25) is 4.90 Å². The minimum atomic E-state index is 0.702. The fourth-order valence-corrected chi connectivity index (χ4v) is 2.60. The van der Waals surface area contributed by atoms with Gasteiger partial charge in [0, 0.05) is 35.8 Å². The van der Waals surface area contributed by atoms with Gasteiger partial charge in [0.2, 0.25) is 0 Å². The Kier molecular flexibility index (Phi) is 4.61. The van der Waals surface area contributed by atoms with Gasteiger partial charge in [-0.2, -0.15) is 0 Å². The molecule has 0 amide bonds. The van der Waals surface area contributed by atoms with E-state index < -0.39 is 0 Å². The van der Waals surface area contributed by atoms with Gasteiger partial charge >= 0.3 is 0 Å². The molecule has 0 aromatic heterocycles. The molecule has 3 heteroatoms. The molecule has 2 nitrogen and oxygen atoms in total. The van der Waals surface area contributed by atoms with Gasteiger partial charge in [-0.1, -0.05) is 19.1 Å². The molecular formula is C13H19IN2. The second-order valence-electron chi connectivity index (χ2n) is 4.36. The highest BCUT2D eigenvalue weighted by Crippen LogP contribution is 2.14. The molecule has 0 bridgehead atoms. The molecule has 1 N–H and O–H groups in total. The van der Waals surface area contributed by atoms with E-state index in [1.807, 2.05) is 0 Å². The van der Waals surface area contributed by atoms with Crippen LogP contribution in [0.4, 0.5) is 0 Å². The quantitative estimate of drug-likeness (QED) is 0.857. The highest BCUT2D eigenvalue weighted by atomic mass is 127. The smallest absolute Gasteiger partial charge is 0.0237 e. The van der Waals surface area contributed by atoms with Gasteiger partial charge in [0.1, 0.15) is 0 Å². The normalized spacial score (nSPS) is 22.2. The van der Waals surface area contributed by atoms with Crippen molar-refractivity contribution in [1.82, 2.24) is 10.2 Å². The van der Waals surface area contributed by atoms with Crippen molar-refractivity contribution in [2.45, 2.75) is 25.9 Å². The van der Waals surface area contributed by atoms with Gasteiger partial charge in [0.15, 0.2) is 0 Å². The SMILES string of the molecule is CCC1CNCCN1Cc1ccc(I)cc1. The van der Waals surface area contributed by atoms with Crippen LogP contribution in [0.1, 0.15) is 18.9 Å². The van der Waals surface area contributed by atoms with Gasteiger partial charge < -0.3 is 5.32 Å². The average molecular weight is 330 g/mol. The third-order valence-electron chi connectivity index (χ3n) is 3.24. The Bertz CT molecular complexity index is 323. The number of benzene rings is 1. The predicted molar refractivity (Wildman–Crippen MR) is 76.5 cm³/mol. The largest absolute Gasteiger partial charge is 0.314 e. The average Bonchev–Trinajstić information content (AvgIpc) is 2.33. The molecular weight excluding hydrogens is 311 g/mol. The molecule has 1 unspecified atom stereocenters. The molecule has 0 spiro atoms. The van der Waals surface area contributed by atoms with Crippen molar-refractivity contribution < 1.29 is 0 Å². The Hall–Kier alpha value is -0.130. The Labute approximate surface area is 112 Å². The lowest BCUT2D eigenvalue weighted by atomic mass is 10.1. The van der Waals surface area contributed by atoms with E-state index in [2.05, 4.69) is 64.0 Å². The summed E-state index contributed by atoms with van der Waals surface area (Å²) in [6.45, 7) is 6.81. The van der Waals surface area contributed by atoms with E-state index >= 15 is 0 Å². The summed E-state index contributed by atoms with van der Waals surface area (Å²) in [4.78, 5) is 2.60. The van der Waals surface area contributed by atoms with Gasteiger partial charge in [-0.25, -0.2) is 0 Å². The lowest BCUT2D eigenvalue weighted by molar-refractivity contribution is 0.149. The summed E-state index contributed by atoms with van der Waals surface area (Å²) in [5.74, 6) is 0. The summed E-state index contributed by atoms with van der Waals surface area (Å²) in [6, 6.07) is 9.58. The molecule has 1 aromatic rings. The van der Waals surface area contributed by atoms with Crippen LogP contribution in [0.2, 0.25) is 0 Å². The van der Waals surface area contributed by atoms with Crippen molar-refractivity contribution in [1.29, 1.82) is 0 Å². The lowest BCUT2D eigenvalue weighted by Crippen LogP contribution is -2.50. The van der Waals surface area contributed by atoms with Gasteiger partial charge in [-0.15, -0.1) is 0 Å². The maximum Gasteiger partial charge on any atom is 0.0237 e. The molecule has 0 saturated carbocycles. The minimum Gasteiger partial charge on any atom is -0.314 e. The monoisotopic (exact) mass is 330 g/mol. The van der Waals surface area contributed by atoms with Crippen LogP contribution in [0.3, 0.4) is 0 Å². The highest BCUT2D eigenvalue weighted by Gasteiger charge is 2.19. The molecule has 1 aromatic carbocycles. The first-order valence-electron chi connectivity index (χ1n) is 5.99. The summed E-state index contributed by atoms with van der Waals surface area (Å²) in [5.41, 5.74) is 1.43. The Morgan fingerprint density at radius 1 is 1.38 bits per heavy atom. The van der Waals surface area contributed by atoms with Crippen molar-refractivity contribution >= 4 is 22.6 Å². The number of hydrogen-bond donors (Lipinski definition) is 1. The van der Waals surface area contributed by atoms with Crippen molar-refractivity contribution in [3.8, 4) is 0 Å². The second-order valence-corrected chi connectivity index (χ2v) is 5.61. The topological polar surface area (TPSA) is 15.3 Å². The van der Waals surface area contributed by atoms with Crippen LogP contribution in [0.5, 0.6) is 0 Å². The van der Waals surface area contributed by atoms with E-state index in [0.717, 1.165) is 19.6 Å². The molecule has 0 radical (unpaired) electrons. The fraction of sp³-hybridized carbons (Fsp3) is 0.538. The van der Waals surface area contributed by atoms with Gasteiger partial charge in [-0.05, 0) is 46.7 Å². The summed E-state index contributed by atoms with van der Waals surface area (Å²) >= 11 is 2.36. The highest BCUT2D eigenvalue weighted by molar-refractivity contribution is 14.1. The summed E-state index contributed by atoms with van der Waals surface area (Å²) in [6.07, 6.45) is 1.23. The molecule has 1 heterocycles. The number of halogens is 1. The van der Waals surface area contributed by atoms with E-state index in [0.29, 0.717) is 6.04 Å². The van der Waals surface area contributed by atoms with Gasteiger partial charge in [0.05, 0.1) is 0 Å².